The number of amides is 1. The number of halogens is 1. The summed E-state index contributed by atoms with van der Waals surface area (Å²) in [6.07, 6.45) is 4.42. The van der Waals surface area contributed by atoms with E-state index in [9.17, 15) is 14.3 Å². The van der Waals surface area contributed by atoms with E-state index in [1.807, 2.05) is 0 Å². The van der Waals surface area contributed by atoms with Crippen molar-refractivity contribution in [2.45, 2.75) is 12.8 Å². The zero-order chi connectivity index (χ0) is 15.6. The highest BCUT2D eigenvalue weighted by Crippen LogP contribution is 2.34. The fraction of sp³-hybridized carbons (Fsp3) is 0.375. The lowest BCUT2D eigenvalue weighted by Gasteiger charge is -2.27. The molecule has 1 aromatic carbocycles. The van der Waals surface area contributed by atoms with Gasteiger partial charge in [-0.05, 0) is 30.5 Å². The van der Waals surface area contributed by atoms with E-state index in [1.165, 1.54) is 18.3 Å². The zero-order valence-electron chi connectivity index (χ0n) is 12.1. The van der Waals surface area contributed by atoms with Gasteiger partial charge in [-0.25, -0.2) is 4.39 Å². The molecule has 1 atom stereocenters. The predicted octanol–water partition coefficient (Wildman–Crippen LogP) is 1.62. The van der Waals surface area contributed by atoms with Crippen LogP contribution in [0.1, 0.15) is 22.3 Å². The molecule has 1 saturated heterocycles. The third-order valence-electron chi connectivity index (χ3n) is 4.30. The molecule has 116 valence electrons. The minimum absolute atomic E-state index is 0.000453. The Morgan fingerprint density at radius 3 is 2.82 bits per heavy atom. The molecular formula is C16H18FN3O2. The van der Waals surface area contributed by atoms with Crippen molar-refractivity contribution in [3.63, 3.8) is 0 Å². The molecule has 0 radical (unpaired) electrons. The van der Waals surface area contributed by atoms with Gasteiger partial charge in [-0.3, -0.25) is 9.89 Å². The first-order valence-electron chi connectivity index (χ1n) is 7.25. The maximum absolute atomic E-state index is 13.0. The number of aromatic amines is 1. The third-order valence-corrected chi connectivity index (χ3v) is 4.30. The van der Waals surface area contributed by atoms with E-state index in [-0.39, 0.29) is 23.7 Å². The van der Waals surface area contributed by atoms with Crippen LogP contribution in [0.3, 0.4) is 0 Å². The first-order chi connectivity index (χ1) is 10.6. The molecule has 1 fully saturated rings. The number of hydrogen-bond acceptors (Lipinski definition) is 3. The molecule has 2 N–H and O–H groups in total. The Morgan fingerprint density at radius 2 is 2.18 bits per heavy atom. The van der Waals surface area contributed by atoms with Crippen LogP contribution < -0.4 is 0 Å². The Labute approximate surface area is 127 Å². The first-order valence-corrected chi connectivity index (χ1v) is 7.25. The fourth-order valence-corrected chi connectivity index (χ4v) is 3.02. The minimum Gasteiger partial charge on any atom is -0.396 e. The SMILES string of the molecule is O=C(c1cn[nH]c1)N1CCC(CO)(Cc2ccc(F)cc2)C1. The van der Waals surface area contributed by atoms with Crippen molar-refractivity contribution in [3.05, 3.63) is 53.6 Å². The number of rotatable bonds is 4. The normalized spacial score (nSPS) is 21.3. The second kappa shape index (κ2) is 5.88. The van der Waals surface area contributed by atoms with E-state index in [0.29, 0.717) is 25.1 Å². The Bertz CT molecular complexity index is 642. The van der Waals surface area contributed by atoms with Gasteiger partial charge in [0.1, 0.15) is 5.82 Å². The van der Waals surface area contributed by atoms with E-state index in [4.69, 9.17) is 0 Å². The van der Waals surface area contributed by atoms with Crippen molar-refractivity contribution in [3.8, 4) is 0 Å². The van der Waals surface area contributed by atoms with Gasteiger partial charge in [0.05, 0.1) is 18.4 Å². The molecule has 2 heterocycles. The number of nitrogens with one attached hydrogen (secondary N) is 1. The number of benzene rings is 1. The fourth-order valence-electron chi connectivity index (χ4n) is 3.02. The van der Waals surface area contributed by atoms with Gasteiger partial charge in [0.25, 0.3) is 5.91 Å². The molecular weight excluding hydrogens is 285 g/mol. The van der Waals surface area contributed by atoms with Gasteiger partial charge in [-0.2, -0.15) is 5.10 Å². The summed E-state index contributed by atoms with van der Waals surface area (Å²) >= 11 is 0. The molecule has 1 aromatic heterocycles. The highest BCUT2D eigenvalue weighted by molar-refractivity contribution is 5.93. The molecule has 3 rings (SSSR count). The van der Waals surface area contributed by atoms with Gasteiger partial charge in [0.2, 0.25) is 0 Å². The van der Waals surface area contributed by atoms with Crippen molar-refractivity contribution >= 4 is 5.91 Å². The Balaban J connectivity index is 1.72. The molecule has 0 saturated carbocycles. The summed E-state index contributed by atoms with van der Waals surface area (Å²) in [5.74, 6) is -0.354. The molecule has 0 aliphatic carbocycles. The monoisotopic (exact) mass is 303 g/mol. The summed E-state index contributed by atoms with van der Waals surface area (Å²) in [6.45, 7) is 1.09. The number of likely N-dealkylation sites (tertiary alicyclic amines) is 1. The van der Waals surface area contributed by atoms with Gasteiger partial charge in [0.15, 0.2) is 0 Å². The molecule has 1 amide bonds. The third kappa shape index (κ3) is 2.87. The summed E-state index contributed by atoms with van der Waals surface area (Å²) in [5.41, 5.74) is 1.13. The molecule has 1 aliphatic rings. The van der Waals surface area contributed by atoms with Gasteiger partial charge in [-0.15, -0.1) is 0 Å². The Kier molecular flexibility index (Phi) is 3.94. The van der Waals surface area contributed by atoms with Crippen LogP contribution in [0.15, 0.2) is 36.7 Å². The van der Waals surface area contributed by atoms with E-state index in [0.717, 1.165) is 12.0 Å². The summed E-state index contributed by atoms with van der Waals surface area (Å²) in [7, 11) is 0. The standard InChI is InChI=1S/C16H18FN3O2/c17-14-3-1-12(2-4-14)7-16(11-21)5-6-20(10-16)15(22)13-8-18-19-9-13/h1-4,8-9,21H,5-7,10-11H2,(H,18,19). The lowest BCUT2D eigenvalue weighted by atomic mass is 9.81. The number of carbonyl (C=O) groups is 1. The second-order valence-corrected chi connectivity index (χ2v) is 5.93. The number of aliphatic hydroxyl groups excluding tert-OH is 1. The summed E-state index contributed by atoms with van der Waals surface area (Å²) in [6, 6.07) is 6.30. The van der Waals surface area contributed by atoms with Crippen molar-refractivity contribution in [2.24, 2.45) is 5.41 Å². The molecule has 1 aliphatic heterocycles. The van der Waals surface area contributed by atoms with Crippen molar-refractivity contribution < 1.29 is 14.3 Å². The van der Waals surface area contributed by atoms with Crippen molar-refractivity contribution in [2.75, 3.05) is 19.7 Å². The van der Waals surface area contributed by atoms with Gasteiger partial charge in [0, 0.05) is 24.7 Å². The van der Waals surface area contributed by atoms with Crippen LogP contribution in [0.4, 0.5) is 4.39 Å². The van der Waals surface area contributed by atoms with Crippen LogP contribution in [0.5, 0.6) is 0 Å². The second-order valence-electron chi connectivity index (χ2n) is 5.93. The van der Waals surface area contributed by atoms with E-state index in [2.05, 4.69) is 10.2 Å². The zero-order valence-corrected chi connectivity index (χ0v) is 12.1. The first kappa shape index (κ1) is 14.7. The molecule has 0 spiro atoms. The highest BCUT2D eigenvalue weighted by atomic mass is 19.1. The van der Waals surface area contributed by atoms with Gasteiger partial charge >= 0.3 is 0 Å². The van der Waals surface area contributed by atoms with Gasteiger partial charge < -0.3 is 10.0 Å². The molecule has 5 nitrogen and oxygen atoms in total. The van der Waals surface area contributed by atoms with Gasteiger partial charge in [-0.1, -0.05) is 12.1 Å². The van der Waals surface area contributed by atoms with E-state index >= 15 is 0 Å². The smallest absolute Gasteiger partial charge is 0.257 e. The van der Waals surface area contributed by atoms with Crippen LogP contribution in [0.2, 0.25) is 0 Å². The van der Waals surface area contributed by atoms with Crippen LogP contribution >= 0.6 is 0 Å². The molecule has 2 aromatic rings. The number of H-pyrrole nitrogens is 1. The molecule has 1 unspecified atom stereocenters. The number of nitrogens with zero attached hydrogens (tertiary/aromatic N) is 2. The van der Waals surface area contributed by atoms with Crippen LogP contribution in [-0.4, -0.2) is 45.8 Å². The van der Waals surface area contributed by atoms with Crippen LogP contribution in [0.25, 0.3) is 0 Å². The van der Waals surface area contributed by atoms with Crippen molar-refractivity contribution in [1.29, 1.82) is 0 Å². The number of carbonyl (C=O) groups excluding carboxylic acids is 1. The highest BCUT2D eigenvalue weighted by Gasteiger charge is 2.39. The Morgan fingerprint density at radius 1 is 1.41 bits per heavy atom. The largest absolute Gasteiger partial charge is 0.396 e. The lowest BCUT2D eigenvalue weighted by Crippen LogP contribution is -2.35. The van der Waals surface area contributed by atoms with E-state index in [1.54, 1.807) is 23.2 Å². The predicted molar refractivity (Wildman–Crippen MR) is 78.7 cm³/mol. The molecule has 6 heteroatoms. The Hall–Kier alpha value is -2.21. The molecule has 0 bridgehead atoms. The number of aromatic nitrogens is 2. The average Bonchev–Trinajstić information content (AvgIpc) is 3.19. The summed E-state index contributed by atoms with van der Waals surface area (Å²) in [4.78, 5) is 14.1. The maximum Gasteiger partial charge on any atom is 0.257 e. The number of aliphatic hydroxyl groups is 1. The summed E-state index contributed by atoms with van der Waals surface area (Å²) < 4.78 is 13.0. The van der Waals surface area contributed by atoms with Crippen LogP contribution in [0, 0.1) is 11.2 Å². The quantitative estimate of drug-likeness (QED) is 0.901. The summed E-state index contributed by atoms with van der Waals surface area (Å²) in [5, 5.41) is 16.3. The van der Waals surface area contributed by atoms with Crippen molar-refractivity contribution in [1.82, 2.24) is 15.1 Å². The average molecular weight is 303 g/mol. The maximum atomic E-state index is 13.0. The minimum atomic E-state index is -0.364. The number of hydrogen-bond donors (Lipinski definition) is 2. The topological polar surface area (TPSA) is 69.2 Å². The van der Waals surface area contributed by atoms with Crippen LogP contribution in [-0.2, 0) is 6.42 Å². The molecule has 22 heavy (non-hydrogen) atoms. The van der Waals surface area contributed by atoms with E-state index < -0.39 is 0 Å². The lowest BCUT2D eigenvalue weighted by molar-refractivity contribution is 0.0739.